The van der Waals surface area contributed by atoms with E-state index in [1.807, 2.05) is 6.92 Å². The molecule has 148 valence electrons. The average Bonchev–Trinajstić information content (AvgIpc) is 3.20. The molecule has 3 heterocycles. The lowest BCUT2D eigenvalue weighted by atomic mass is 10.1. The lowest BCUT2D eigenvalue weighted by molar-refractivity contribution is 0.103. The minimum Gasteiger partial charge on any atom is -0.302 e. The van der Waals surface area contributed by atoms with Gasteiger partial charge in [0.25, 0.3) is 11.5 Å². The first-order chi connectivity index (χ1) is 13.8. The van der Waals surface area contributed by atoms with Crippen molar-refractivity contribution < 1.29 is 4.79 Å². The lowest BCUT2D eigenvalue weighted by Crippen LogP contribution is -2.17. The predicted molar refractivity (Wildman–Crippen MR) is 118 cm³/mol. The van der Waals surface area contributed by atoms with Crippen molar-refractivity contribution in [1.82, 2.24) is 14.5 Å². The highest BCUT2D eigenvalue weighted by atomic mass is 32.1. The van der Waals surface area contributed by atoms with E-state index in [2.05, 4.69) is 46.5 Å². The number of thiophene rings is 1. The molecule has 0 fully saturated rings. The summed E-state index contributed by atoms with van der Waals surface area (Å²) in [6.45, 7) is 5.80. The summed E-state index contributed by atoms with van der Waals surface area (Å²) in [4.78, 5) is 36.2. The number of thiazole rings is 1. The van der Waals surface area contributed by atoms with Gasteiger partial charge < -0.3 is 4.57 Å². The van der Waals surface area contributed by atoms with Crippen molar-refractivity contribution in [1.29, 1.82) is 0 Å². The van der Waals surface area contributed by atoms with Gasteiger partial charge >= 0.3 is 0 Å². The molecule has 0 radical (unpaired) electrons. The number of hydrogen-bond donors (Lipinski definition) is 1. The van der Waals surface area contributed by atoms with E-state index in [0.29, 0.717) is 25.8 Å². The van der Waals surface area contributed by atoms with Crippen molar-refractivity contribution in [3.05, 3.63) is 73.1 Å². The van der Waals surface area contributed by atoms with Crippen LogP contribution in [0.15, 0.2) is 35.4 Å². The van der Waals surface area contributed by atoms with Gasteiger partial charge in [0, 0.05) is 18.3 Å². The van der Waals surface area contributed by atoms with Crippen LogP contribution in [0.5, 0.6) is 0 Å². The minimum atomic E-state index is -0.261. The molecule has 1 amide bonds. The number of hydrogen-bond acceptors (Lipinski definition) is 6. The van der Waals surface area contributed by atoms with E-state index >= 15 is 0 Å². The molecule has 1 N–H and O–H groups in total. The zero-order chi connectivity index (χ0) is 20.7. The van der Waals surface area contributed by atoms with Gasteiger partial charge in [0.05, 0.1) is 22.3 Å². The molecule has 3 aromatic heterocycles. The minimum absolute atomic E-state index is 0.145. The Bertz CT molecular complexity index is 1280. The summed E-state index contributed by atoms with van der Waals surface area (Å²) in [6, 6.07) is 8.41. The molecule has 0 unspecified atom stereocenters. The van der Waals surface area contributed by atoms with Crippen molar-refractivity contribution in [2.75, 3.05) is 5.32 Å². The summed E-state index contributed by atoms with van der Waals surface area (Å²) in [5.74, 6) is -0.261. The molecule has 4 aromatic rings. The number of aromatic nitrogens is 3. The molecule has 0 atom stereocenters. The molecule has 29 heavy (non-hydrogen) atoms. The van der Waals surface area contributed by atoms with Crippen LogP contribution in [-0.4, -0.2) is 20.4 Å². The van der Waals surface area contributed by atoms with Crippen molar-refractivity contribution >= 4 is 43.9 Å². The van der Waals surface area contributed by atoms with Gasteiger partial charge in [0.2, 0.25) is 0 Å². The molecule has 1 aromatic carbocycles. The second-order valence-corrected chi connectivity index (χ2v) is 9.12. The fraction of sp³-hybridized carbons (Fsp3) is 0.238. The van der Waals surface area contributed by atoms with Gasteiger partial charge in [-0.1, -0.05) is 29.8 Å². The Morgan fingerprint density at radius 3 is 2.59 bits per heavy atom. The van der Waals surface area contributed by atoms with Crippen LogP contribution in [-0.2, 0) is 13.5 Å². The first kappa shape index (κ1) is 19.5. The molecular formula is C21H20N4O2S2. The summed E-state index contributed by atoms with van der Waals surface area (Å²) in [7, 11) is 1.65. The Kier molecular flexibility index (Phi) is 5.06. The summed E-state index contributed by atoms with van der Waals surface area (Å²) in [6.07, 6.45) is 2.26. The Morgan fingerprint density at radius 2 is 1.86 bits per heavy atom. The first-order valence-corrected chi connectivity index (χ1v) is 10.7. The molecule has 4 rings (SSSR count). The third-order valence-electron chi connectivity index (χ3n) is 4.82. The quantitative estimate of drug-likeness (QED) is 0.532. The highest BCUT2D eigenvalue weighted by Gasteiger charge is 2.20. The van der Waals surface area contributed by atoms with Crippen LogP contribution in [0.4, 0.5) is 5.13 Å². The summed E-state index contributed by atoms with van der Waals surface area (Å²) in [5, 5.41) is 3.96. The van der Waals surface area contributed by atoms with Crippen molar-refractivity contribution in [3.8, 4) is 0 Å². The van der Waals surface area contributed by atoms with E-state index in [1.165, 1.54) is 44.7 Å². The Morgan fingerprint density at radius 1 is 1.14 bits per heavy atom. The molecule has 0 saturated heterocycles. The van der Waals surface area contributed by atoms with Crippen LogP contribution in [0.1, 0.15) is 36.9 Å². The number of rotatable bonds is 4. The molecular weight excluding hydrogens is 404 g/mol. The van der Waals surface area contributed by atoms with Crippen LogP contribution >= 0.6 is 22.7 Å². The third-order valence-corrected chi connectivity index (χ3v) is 7.09. The van der Waals surface area contributed by atoms with Crippen molar-refractivity contribution in [3.63, 3.8) is 0 Å². The topological polar surface area (TPSA) is 76.9 Å². The fourth-order valence-corrected chi connectivity index (χ4v) is 5.14. The molecule has 0 aliphatic heterocycles. The normalized spacial score (nSPS) is 11.2. The second-order valence-electron chi connectivity index (χ2n) is 7.04. The van der Waals surface area contributed by atoms with Gasteiger partial charge in [-0.25, -0.2) is 9.97 Å². The number of amides is 1. The molecule has 0 saturated carbocycles. The van der Waals surface area contributed by atoms with E-state index in [1.54, 1.807) is 14.0 Å². The maximum Gasteiger partial charge on any atom is 0.267 e. The number of carbonyl (C=O) groups excluding carboxylic acids is 1. The van der Waals surface area contributed by atoms with Crippen LogP contribution in [0, 0.1) is 20.8 Å². The highest BCUT2D eigenvalue weighted by molar-refractivity contribution is 7.21. The lowest BCUT2D eigenvalue weighted by Gasteiger charge is -2.01. The first-order valence-electron chi connectivity index (χ1n) is 9.11. The summed E-state index contributed by atoms with van der Waals surface area (Å²) < 4.78 is 1.42. The molecule has 6 nitrogen and oxygen atoms in total. The monoisotopic (exact) mass is 424 g/mol. The summed E-state index contributed by atoms with van der Waals surface area (Å²) >= 11 is 2.71. The van der Waals surface area contributed by atoms with Crippen LogP contribution < -0.4 is 10.9 Å². The Hall–Kier alpha value is -2.84. The Labute approximate surface area is 175 Å². The van der Waals surface area contributed by atoms with E-state index in [0.717, 1.165) is 17.0 Å². The zero-order valence-electron chi connectivity index (χ0n) is 16.6. The number of carbonyl (C=O) groups is 1. The van der Waals surface area contributed by atoms with E-state index in [4.69, 9.17) is 0 Å². The zero-order valence-corrected chi connectivity index (χ0v) is 18.2. The number of nitrogens with one attached hydrogen (secondary N) is 1. The van der Waals surface area contributed by atoms with E-state index in [-0.39, 0.29) is 11.5 Å². The van der Waals surface area contributed by atoms with Crippen molar-refractivity contribution in [2.24, 2.45) is 7.05 Å². The largest absolute Gasteiger partial charge is 0.302 e. The van der Waals surface area contributed by atoms with Gasteiger partial charge in [-0.15, -0.1) is 22.7 Å². The van der Waals surface area contributed by atoms with E-state index < -0.39 is 0 Å². The maximum absolute atomic E-state index is 12.8. The van der Waals surface area contributed by atoms with Gasteiger partial charge in [0.15, 0.2) is 5.13 Å². The van der Waals surface area contributed by atoms with E-state index in [9.17, 15) is 9.59 Å². The van der Waals surface area contributed by atoms with Crippen LogP contribution in [0.25, 0.3) is 10.2 Å². The summed E-state index contributed by atoms with van der Waals surface area (Å²) in [5.41, 5.74) is 3.86. The van der Waals surface area contributed by atoms with Gasteiger partial charge in [0.1, 0.15) is 4.83 Å². The molecule has 8 heteroatoms. The molecule has 0 spiro atoms. The van der Waals surface area contributed by atoms with Gasteiger partial charge in [-0.3, -0.25) is 14.9 Å². The van der Waals surface area contributed by atoms with Gasteiger partial charge in [-0.05, 0) is 31.9 Å². The number of benzene rings is 1. The standard InChI is InChI=1S/C21H20N4O2S2/c1-11-5-7-14(8-6-11)9-15-13(3)23-21(28-15)24-18(26)17-12(2)16-19(29-17)22-10-25(4)20(16)27/h5-8,10H,9H2,1-4H3,(H,23,24,26). The number of fused-ring (bicyclic) bond motifs is 1. The molecule has 0 bridgehead atoms. The predicted octanol–water partition coefficient (Wildman–Crippen LogP) is 4.22. The number of nitrogens with zero attached hydrogens (tertiary/aromatic N) is 3. The third kappa shape index (κ3) is 3.73. The molecule has 0 aliphatic carbocycles. The number of aryl methyl sites for hydroxylation is 4. The highest BCUT2D eigenvalue weighted by Crippen LogP contribution is 2.29. The fourth-order valence-electron chi connectivity index (χ4n) is 3.12. The van der Waals surface area contributed by atoms with Crippen LogP contribution in [0.3, 0.4) is 0 Å². The number of anilines is 1. The smallest absolute Gasteiger partial charge is 0.267 e. The Balaban J connectivity index is 1.58. The van der Waals surface area contributed by atoms with Crippen LogP contribution in [0.2, 0.25) is 0 Å². The van der Waals surface area contributed by atoms with Gasteiger partial charge in [-0.2, -0.15) is 0 Å². The molecule has 0 aliphatic rings. The maximum atomic E-state index is 12.8. The SMILES string of the molecule is Cc1ccc(Cc2sc(NC(=O)c3sc4ncn(C)c(=O)c4c3C)nc2C)cc1. The second kappa shape index (κ2) is 7.53. The average molecular weight is 425 g/mol. The van der Waals surface area contributed by atoms with Crippen molar-refractivity contribution in [2.45, 2.75) is 27.2 Å².